The summed E-state index contributed by atoms with van der Waals surface area (Å²) in [4.78, 5) is 20.2. The third kappa shape index (κ3) is 3.40. The molecule has 1 heterocycles. The standard InChI is InChI=1S/C28H26N2O/c1-3-24-23-15-19(2)18-28(24,25-12-13-27(31)30-26(25)17-23)29-14-6-7-20-10-11-21-8-4-5-9-22(21)16-20/h3-16,23H,17-18H2,1-2H3,(H,30,31)/b7-6+,24-3+,29-14?/t23-,28+/m0/s1. The molecule has 1 N–H and O–H groups in total. The fourth-order valence-corrected chi connectivity index (χ4v) is 5.29. The average Bonchev–Trinajstić information content (AvgIpc) is 2.76. The quantitative estimate of drug-likeness (QED) is 0.422. The summed E-state index contributed by atoms with van der Waals surface area (Å²) >= 11 is 0. The normalized spacial score (nSPS) is 24.1. The fourth-order valence-electron chi connectivity index (χ4n) is 5.29. The number of pyridine rings is 1. The van der Waals surface area contributed by atoms with Crippen molar-refractivity contribution in [3.63, 3.8) is 0 Å². The third-order valence-electron chi connectivity index (χ3n) is 6.52. The number of rotatable bonds is 3. The molecule has 0 amide bonds. The molecule has 3 heteroatoms. The monoisotopic (exact) mass is 406 g/mol. The molecule has 2 aromatic carbocycles. The van der Waals surface area contributed by atoms with Crippen molar-refractivity contribution < 1.29 is 0 Å². The van der Waals surface area contributed by atoms with Gasteiger partial charge in [0.2, 0.25) is 5.56 Å². The second-order valence-electron chi connectivity index (χ2n) is 8.56. The molecule has 3 aromatic rings. The predicted molar refractivity (Wildman–Crippen MR) is 130 cm³/mol. The van der Waals surface area contributed by atoms with Crippen LogP contribution in [0.4, 0.5) is 0 Å². The van der Waals surface area contributed by atoms with Crippen LogP contribution in [0.3, 0.4) is 0 Å². The summed E-state index contributed by atoms with van der Waals surface area (Å²) in [7, 11) is 0. The third-order valence-corrected chi connectivity index (χ3v) is 6.52. The lowest BCUT2D eigenvalue weighted by atomic mass is 9.63. The molecular formula is C28H26N2O. The molecule has 2 aliphatic rings. The van der Waals surface area contributed by atoms with Gasteiger partial charge in [0.25, 0.3) is 0 Å². The Hall–Kier alpha value is -3.46. The van der Waals surface area contributed by atoms with Crippen LogP contribution < -0.4 is 5.56 Å². The molecule has 31 heavy (non-hydrogen) atoms. The second kappa shape index (κ2) is 7.66. The van der Waals surface area contributed by atoms with Crippen molar-refractivity contribution in [2.75, 3.05) is 0 Å². The molecule has 0 saturated heterocycles. The zero-order valence-electron chi connectivity index (χ0n) is 17.9. The molecule has 0 radical (unpaired) electrons. The first-order valence-electron chi connectivity index (χ1n) is 10.9. The van der Waals surface area contributed by atoms with Gasteiger partial charge in [-0.2, -0.15) is 0 Å². The number of aliphatic imine (C=N–C) groups is 1. The van der Waals surface area contributed by atoms with E-state index in [1.165, 1.54) is 21.9 Å². The van der Waals surface area contributed by atoms with Gasteiger partial charge in [0.15, 0.2) is 0 Å². The first-order valence-corrected chi connectivity index (χ1v) is 10.9. The van der Waals surface area contributed by atoms with E-state index < -0.39 is 5.54 Å². The second-order valence-corrected chi connectivity index (χ2v) is 8.56. The maximum Gasteiger partial charge on any atom is 0.248 e. The minimum atomic E-state index is -0.441. The van der Waals surface area contributed by atoms with Gasteiger partial charge in [-0.15, -0.1) is 0 Å². The van der Waals surface area contributed by atoms with Crippen LogP contribution in [0.2, 0.25) is 0 Å². The molecular weight excluding hydrogens is 380 g/mol. The summed E-state index contributed by atoms with van der Waals surface area (Å²) in [5.41, 5.74) is 5.48. The minimum absolute atomic E-state index is 0.0446. The van der Waals surface area contributed by atoms with Gasteiger partial charge in [-0.05, 0) is 60.4 Å². The number of benzene rings is 2. The van der Waals surface area contributed by atoms with E-state index >= 15 is 0 Å². The predicted octanol–water partition coefficient (Wildman–Crippen LogP) is 5.98. The number of fused-ring (bicyclic) bond motifs is 5. The Bertz CT molecular complexity index is 1340. The fraction of sp³-hybridized carbons (Fsp3) is 0.214. The highest BCUT2D eigenvalue weighted by Gasteiger charge is 2.46. The van der Waals surface area contributed by atoms with E-state index in [1.807, 2.05) is 18.4 Å². The summed E-state index contributed by atoms with van der Waals surface area (Å²) in [6.45, 7) is 4.29. The molecule has 0 fully saturated rings. The van der Waals surface area contributed by atoms with Crippen LogP contribution in [0.25, 0.3) is 16.8 Å². The maximum atomic E-state index is 12.0. The summed E-state index contributed by atoms with van der Waals surface area (Å²) < 4.78 is 0. The Kier molecular flexibility index (Phi) is 4.82. The van der Waals surface area contributed by atoms with Crippen LogP contribution in [-0.4, -0.2) is 11.2 Å². The Morgan fingerprint density at radius 1 is 1.10 bits per heavy atom. The summed E-state index contributed by atoms with van der Waals surface area (Å²) in [5, 5.41) is 2.48. The van der Waals surface area contributed by atoms with Crippen LogP contribution in [0.1, 0.15) is 37.1 Å². The van der Waals surface area contributed by atoms with E-state index in [4.69, 9.17) is 4.99 Å². The SMILES string of the molecule is C/C=C1\[C@H]2C=C(C)C[C@]1(N=C/C=C/c1ccc3ccccc3c1)c1ccc(=O)[nH]c1C2. The number of H-pyrrole nitrogens is 1. The van der Waals surface area contributed by atoms with Crippen molar-refractivity contribution in [3.8, 4) is 0 Å². The molecule has 1 aromatic heterocycles. The van der Waals surface area contributed by atoms with Crippen molar-refractivity contribution >= 4 is 23.1 Å². The van der Waals surface area contributed by atoms with E-state index in [-0.39, 0.29) is 11.5 Å². The summed E-state index contributed by atoms with van der Waals surface area (Å²) in [6, 6.07) is 18.5. The van der Waals surface area contributed by atoms with Crippen molar-refractivity contribution in [3.05, 3.63) is 111 Å². The number of aromatic amines is 1. The van der Waals surface area contributed by atoms with Gasteiger partial charge >= 0.3 is 0 Å². The highest BCUT2D eigenvalue weighted by molar-refractivity contribution is 5.86. The van der Waals surface area contributed by atoms with E-state index in [0.29, 0.717) is 0 Å². The number of hydrogen-bond acceptors (Lipinski definition) is 2. The number of aromatic nitrogens is 1. The van der Waals surface area contributed by atoms with Crippen molar-refractivity contribution in [2.24, 2.45) is 10.9 Å². The highest BCUT2D eigenvalue weighted by atomic mass is 16.1. The maximum absolute atomic E-state index is 12.0. The molecule has 0 aliphatic heterocycles. The van der Waals surface area contributed by atoms with Crippen LogP contribution in [0.15, 0.2) is 93.8 Å². The van der Waals surface area contributed by atoms with E-state index in [0.717, 1.165) is 29.7 Å². The van der Waals surface area contributed by atoms with Gasteiger partial charge in [-0.1, -0.05) is 60.2 Å². The first kappa shape index (κ1) is 19.5. The average molecular weight is 407 g/mol. The zero-order chi connectivity index (χ0) is 21.4. The van der Waals surface area contributed by atoms with Crippen molar-refractivity contribution in [2.45, 2.75) is 32.2 Å². The molecule has 0 saturated carbocycles. The molecule has 2 bridgehead atoms. The lowest BCUT2D eigenvalue weighted by molar-refractivity contribution is 0.413. The molecule has 0 spiro atoms. The van der Waals surface area contributed by atoms with Gasteiger partial charge in [-0.3, -0.25) is 9.79 Å². The molecule has 154 valence electrons. The number of nitrogens with one attached hydrogen (secondary N) is 1. The summed E-state index contributed by atoms with van der Waals surface area (Å²) in [6.07, 6.45) is 12.3. The van der Waals surface area contributed by atoms with Crippen LogP contribution in [0, 0.1) is 5.92 Å². The first-order chi connectivity index (χ1) is 15.1. The van der Waals surface area contributed by atoms with Crippen molar-refractivity contribution in [1.29, 1.82) is 0 Å². The van der Waals surface area contributed by atoms with E-state index in [2.05, 4.69) is 79.5 Å². The molecule has 5 rings (SSSR count). The van der Waals surface area contributed by atoms with Gasteiger partial charge in [-0.25, -0.2) is 0 Å². The van der Waals surface area contributed by atoms with Gasteiger partial charge in [0.1, 0.15) is 5.54 Å². The zero-order valence-corrected chi connectivity index (χ0v) is 17.9. The Morgan fingerprint density at radius 3 is 2.77 bits per heavy atom. The van der Waals surface area contributed by atoms with Crippen LogP contribution in [0.5, 0.6) is 0 Å². The van der Waals surface area contributed by atoms with Gasteiger partial charge in [0.05, 0.1) is 0 Å². The van der Waals surface area contributed by atoms with E-state index in [9.17, 15) is 4.79 Å². The molecule has 2 atom stereocenters. The number of nitrogens with zero attached hydrogens (tertiary/aromatic N) is 1. The highest BCUT2D eigenvalue weighted by Crippen LogP contribution is 2.51. The molecule has 2 aliphatic carbocycles. The number of hydrogen-bond donors (Lipinski definition) is 1. The minimum Gasteiger partial charge on any atom is -0.326 e. The lowest BCUT2D eigenvalue weighted by Gasteiger charge is -2.45. The molecule has 3 nitrogen and oxygen atoms in total. The summed E-state index contributed by atoms with van der Waals surface area (Å²) in [5.74, 6) is 0.283. The van der Waals surface area contributed by atoms with Gasteiger partial charge < -0.3 is 4.98 Å². The Balaban J connectivity index is 1.53. The molecule has 0 unspecified atom stereocenters. The Morgan fingerprint density at radius 2 is 1.94 bits per heavy atom. The van der Waals surface area contributed by atoms with Crippen LogP contribution in [-0.2, 0) is 12.0 Å². The topological polar surface area (TPSA) is 45.2 Å². The largest absolute Gasteiger partial charge is 0.326 e. The number of allylic oxidation sites excluding steroid dienone is 3. The lowest BCUT2D eigenvalue weighted by Crippen LogP contribution is -2.40. The van der Waals surface area contributed by atoms with Crippen molar-refractivity contribution in [1.82, 2.24) is 4.98 Å². The van der Waals surface area contributed by atoms with E-state index in [1.54, 1.807) is 6.07 Å². The smallest absolute Gasteiger partial charge is 0.248 e. The van der Waals surface area contributed by atoms with Crippen LogP contribution >= 0.6 is 0 Å². The Labute approximate surface area is 182 Å². The van der Waals surface area contributed by atoms with Gasteiger partial charge in [0, 0.05) is 35.9 Å².